The molecular weight excluding hydrogens is 492 g/mol. The van der Waals surface area contributed by atoms with Crippen LogP contribution in [0, 0.1) is 0 Å². The van der Waals surface area contributed by atoms with Gasteiger partial charge >= 0.3 is 0 Å². The van der Waals surface area contributed by atoms with E-state index in [1.807, 2.05) is 42.5 Å². The Bertz CT molecular complexity index is 924. The minimum absolute atomic E-state index is 0.242. The maximum absolute atomic E-state index is 6.37. The molecule has 27 heavy (non-hydrogen) atoms. The average molecular weight is 506 g/mol. The van der Waals surface area contributed by atoms with E-state index in [0.717, 1.165) is 21.3 Å². The van der Waals surface area contributed by atoms with Crippen molar-refractivity contribution in [2.45, 2.75) is 13.2 Å². The Balaban J connectivity index is 1.67. The summed E-state index contributed by atoms with van der Waals surface area (Å²) in [7, 11) is 0. The Kier molecular flexibility index (Phi) is 7.18. The lowest BCUT2D eigenvalue weighted by molar-refractivity contribution is 0.306. The van der Waals surface area contributed by atoms with Gasteiger partial charge in [0, 0.05) is 32.3 Å². The summed E-state index contributed by atoms with van der Waals surface area (Å²) in [4.78, 5) is 0. The van der Waals surface area contributed by atoms with Crippen LogP contribution in [-0.2, 0) is 13.2 Å². The minimum atomic E-state index is 0.242. The van der Waals surface area contributed by atoms with Gasteiger partial charge in [0.15, 0.2) is 5.75 Å². The highest BCUT2D eigenvalue weighted by atomic mass is 79.9. The van der Waals surface area contributed by atoms with Crippen LogP contribution in [0.25, 0.3) is 0 Å². The molecule has 0 aromatic heterocycles. The molecule has 140 valence electrons. The molecule has 0 unspecified atom stereocenters. The van der Waals surface area contributed by atoms with Crippen molar-refractivity contribution in [2.24, 2.45) is 0 Å². The zero-order chi connectivity index (χ0) is 19.4. The van der Waals surface area contributed by atoms with E-state index in [1.54, 1.807) is 12.1 Å². The highest BCUT2D eigenvalue weighted by Crippen LogP contribution is 2.35. The Morgan fingerprint density at radius 3 is 2.11 bits per heavy atom. The molecule has 3 aromatic carbocycles. The SMILES string of the molecule is Clc1ccc(COc2c(Cl)cc(CNc3ccc(Br)cc3)cc2Cl)c(Cl)c1. The number of halogens is 5. The van der Waals surface area contributed by atoms with Crippen LogP contribution >= 0.6 is 62.3 Å². The van der Waals surface area contributed by atoms with Crippen molar-refractivity contribution in [1.82, 2.24) is 0 Å². The topological polar surface area (TPSA) is 21.3 Å². The van der Waals surface area contributed by atoms with Gasteiger partial charge in [-0.25, -0.2) is 0 Å². The predicted octanol–water partition coefficient (Wildman–Crippen LogP) is 8.25. The molecule has 0 saturated heterocycles. The van der Waals surface area contributed by atoms with Gasteiger partial charge in [0.25, 0.3) is 0 Å². The average Bonchev–Trinajstić information content (AvgIpc) is 2.62. The summed E-state index contributed by atoms with van der Waals surface area (Å²) in [5.74, 6) is 0.428. The van der Waals surface area contributed by atoms with E-state index in [4.69, 9.17) is 51.1 Å². The standard InChI is InChI=1S/C20H14BrCl4NO/c21-14-2-5-16(6-3-14)26-10-12-7-18(24)20(19(25)8-12)27-11-13-1-4-15(22)9-17(13)23/h1-9,26H,10-11H2. The number of ether oxygens (including phenoxy) is 1. The van der Waals surface area contributed by atoms with Crippen LogP contribution in [0.15, 0.2) is 59.1 Å². The van der Waals surface area contributed by atoms with Crippen molar-refractivity contribution in [2.75, 3.05) is 5.32 Å². The van der Waals surface area contributed by atoms with Gasteiger partial charge in [0.1, 0.15) is 6.61 Å². The number of hydrogen-bond acceptors (Lipinski definition) is 2. The van der Waals surface area contributed by atoms with E-state index in [2.05, 4.69) is 21.2 Å². The molecule has 0 radical (unpaired) electrons. The zero-order valence-corrected chi connectivity index (χ0v) is 18.5. The van der Waals surface area contributed by atoms with E-state index >= 15 is 0 Å². The van der Waals surface area contributed by atoms with E-state index in [9.17, 15) is 0 Å². The van der Waals surface area contributed by atoms with Gasteiger partial charge < -0.3 is 10.1 Å². The first-order valence-electron chi connectivity index (χ1n) is 7.96. The van der Waals surface area contributed by atoms with Gasteiger partial charge in [-0.15, -0.1) is 0 Å². The second-order valence-electron chi connectivity index (χ2n) is 5.77. The summed E-state index contributed by atoms with van der Waals surface area (Å²) >= 11 is 28.2. The van der Waals surface area contributed by atoms with Gasteiger partial charge in [-0.3, -0.25) is 0 Å². The second kappa shape index (κ2) is 9.40. The Morgan fingerprint density at radius 2 is 1.48 bits per heavy atom. The second-order valence-corrected chi connectivity index (χ2v) is 8.35. The van der Waals surface area contributed by atoms with Crippen molar-refractivity contribution in [3.63, 3.8) is 0 Å². The van der Waals surface area contributed by atoms with Crippen molar-refractivity contribution in [1.29, 1.82) is 0 Å². The van der Waals surface area contributed by atoms with E-state index < -0.39 is 0 Å². The highest BCUT2D eigenvalue weighted by molar-refractivity contribution is 9.10. The van der Waals surface area contributed by atoms with E-state index in [-0.39, 0.29) is 6.61 Å². The number of benzene rings is 3. The lowest BCUT2D eigenvalue weighted by Gasteiger charge is -2.13. The minimum Gasteiger partial charge on any atom is -0.486 e. The van der Waals surface area contributed by atoms with Gasteiger partial charge in [-0.2, -0.15) is 0 Å². The van der Waals surface area contributed by atoms with E-state index in [1.165, 1.54) is 0 Å². The summed E-state index contributed by atoms with van der Waals surface area (Å²) in [5, 5.41) is 5.32. The predicted molar refractivity (Wildman–Crippen MR) is 119 cm³/mol. The summed E-state index contributed by atoms with van der Waals surface area (Å²) in [5.41, 5.74) is 2.75. The molecule has 0 bridgehead atoms. The molecule has 0 aliphatic heterocycles. The smallest absolute Gasteiger partial charge is 0.156 e. The van der Waals surface area contributed by atoms with Crippen LogP contribution in [-0.4, -0.2) is 0 Å². The lowest BCUT2D eigenvalue weighted by atomic mass is 10.2. The largest absolute Gasteiger partial charge is 0.486 e. The van der Waals surface area contributed by atoms with Crippen LogP contribution in [0.5, 0.6) is 5.75 Å². The first-order valence-corrected chi connectivity index (χ1v) is 10.3. The van der Waals surface area contributed by atoms with Crippen molar-refractivity contribution in [3.8, 4) is 5.75 Å². The first kappa shape index (κ1) is 20.6. The van der Waals surface area contributed by atoms with Crippen molar-refractivity contribution >= 4 is 68.0 Å². The van der Waals surface area contributed by atoms with Crippen LogP contribution in [0.2, 0.25) is 20.1 Å². The van der Waals surface area contributed by atoms with Gasteiger partial charge in [-0.05, 0) is 54.1 Å². The molecule has 7 heteroatoms. The zero-order valence-electron chi connectivity index (χ0n) is 13.9. The number of hydrogen-bond donors (Lipinski definition) is 1. The highest BCUT2D eigenvalue weighted by Gasteiger charge is 2.11. The fraction of sp³-hybridized carbons (Fsp3) is 0.100. The number of rotatable bonds is 6. The third kappa shape index (κ3) is 5.69. The van der Waals surface area contributed by atoms with Crippen molar-refractivity contribution < 1.29 is 4.74 Å². The molecule has 0 heterocycles. The molecule has 3 aromatic rings. The van der Waals surface area contributed by atoms with Crippen LogP contribution in [0.1, 0.15) is 11.1 Å². The Hall–Kier alpha value is -1.10. The molecule has 0 atom stereocenters. The first-order chi connectivity index (χ1) is 12.9. The molecule has 3 rings (SSSR count). The monoisotopic (exact) mass is 503 g/mol. The van der Waals surface area contributed by atoms with Gasteiger partial charge in [0.2, 0.25) is 0 Å². The van der Waals surface area contributed by atoms with Crippen LogP contribution in [0.4, 0.5) is 5.69 Å². The molecule has 0 aliphatic carbocycles. The summed E-state index contributed by atoms with van der Waals surface area (Å²) in [6, 6.07) is 16.8. The Labute approximate surface area is 186 Å². The fourth-order valence-corrected chi connectivity index (χ4v) is 3.78. The van der Waals surface area contributed by atoms with Gasteiger partial charge in [-0.1, -0.05) is 68.4 Å². The van der Waals surface area contributed by atoms with Gasteiger partial charge in [0.05, 0.1) is 10.0 Å². The van der Waals surface area contributed by atoms with Crippen LogP contribution in [0.3, 0.4) is 0 Å². The molecule has 0 fully saturated rings. The maximum atomic E-state index is 6.37. The maximum Gasteiger partial charge on any atom is 0.156 e. The molecule has 0 aliphatic rings. The summed E-state index contributed by atoms with van der Waals surface area (Å²) in [6.07, 6.45) is 0. The van der Waals surface area contributed by atoms with Crippen LogP contribution < -0.4 is 10.1 Å². The molecular formula is C20H14BrCl4NO. The molecule has 2 nitrogen and oxygen atoms in total. The number of nitrogens with one attached hydrogen (secondary N) is 1. The van der Waals surface area contributed by atoms with Crippen molar-refractivity contribution in [3.05, 3.63) is 90.3 Å². The molecule has 0 saturated carbocycles. The third-order valence-electron chi connectivity index (χ3n) is 3.79. The molecule has 0 amide bonds. The summed E-state index contributed by atoms with van der Waals surface area (Å²) < 4.78 is 6.82. The normalized spacial score (nSPS) is 10.7. The molecule has 1 N–H and O–H groups in total. The quantitative estimate of drug-likeness (QED) is 0.364. The fourth-order valence-electron chi connectivity index (χ4n) is 2.41. The lowest BCUT2D eigenvalue weighted by Crippen LogP contribution is -2.01. The van der Waals surface area contributed by atoms with E-state index in [0.29, 0.717) is 32.4 Å². The molecule has 0 spiro atoms. The Morgan fingerprint density at radius 1 is 0.815 bits per heavy atom. The summed E-state index contributed by atoms with van der Waals surface area (Å²) in [6.45, 7) is 0.830. The third-order valence-corrected chi connectivity index (χ3v) is 5.46. The number of anilines is 1.